The summed E-state index contributed by atoms with van der Waals surface area (Å²) < 4.78 is 10.3. The normalized spacial score (nSPS) is 13.5. The molecule has 0 fully saturated rings. The molecule has 2 heterocycles. The molecular weight excluding hydrogens is 406 g/mol. The van der Waals surface area contributed by atoms with Gasteiger partial charge >= 0.3 is 6.09 Å². The third kappa shape index (κ3) is 5.12. The predicted molar refractivity (Wildman–Crippen MR) is 116 cm³/mol. The van der Waals surface area contributed by atoms with Gasteiger partial charge in [-0.3, -0.25) is 4.79 Å². The highest BCUT2D eigenvalue weighted by molar-refractivity contribution is 7.98. The first kappa shape index (κ1) is 21.7. The predicted octanol–water partition coefficient (Wildman–Crippen LogP) is 2.42. The van der Waals surface area contributed by atoms with Gasteiger partial charge in [-0.1, -0.05) is 17.8 Å². The third-order valence-electron chi connectivity index (χ3n) is 4.60. The van der Waals surface area contributed by atoms with Crippen molar-refractivity contribution in [2.24, 2.45) is 0 Å². The number of amides is 2. The first-order chi connectivity index (χ1) is 14.5. The summed E-state index contributed by atoms with van der Waals surface area (Å²) in [7, 11) is 3.25. The minimum atomic E-state index is -0.462. The van der Waals surface area contributed by atoms with Crippen LogP contribution in [0, 0.1) is 0 Å². The third-order valence-corrected chi connectivity index (χ3v) is 5.16. The number of carbonyl (C=O) groups is 2. The number of methoxy groups -OCH3 is 1. The van der Waals surface area contributed by atoms with E-state index in [-0.39, 0.29) is 5.91 Å². The number of ether oxygens (including phenoxy) is 2. The zero-order valence-electron chi connectivity index (χ0n) is 17.3. The molecular formula is C20H25N5O4S. The lowest BCUT2D eigenvalue weighted by Crippen LogP contribution is -2.33. The van der Waals surface area contributed by atoms with E-state index in [0.717, 1.165) is 5.69 Å². The van der Waals surface area contributed by atoms with Crippen molar-refractivity contribution in [3.05, 3.63) is 36.0 Å². The van der Waals surface area contributed by atoms with E-state index in [1.807, 2.05) is 42.5 Å². The molecule has 1 N–H and O–H groups in total. The van der Waals surface area contributed by atoms with Gasteiger partial charge in [-0.05, 0) is 24.8 Å². The summed E-state index contributed by atoms with van der Waals surface area (Å²) in [6, 6.07) is 7.42. The number of aromatic nitrogens is 2. The largest absolute Gasteiger partial charge is 0.493 e. The van der Waals surface area contributed by atoms with Gasteiger partial charge in [0.25, 0.3) is 5.91 Å². The molecule has 2 aromatic rings. The summed E-state index contributed by atoms with van der Waals surface area (Å²) in [5, 5.41) is 3.24. The Labute approximate surface area is 179 Å². The number of hydrogen-bond donors (Lipinski definition) is 1. The van der Waals surface area contributed by atoms with Gasteiger partial charge < -0.3 is 24.6 Å². The van der Waals surface area contributed by atoms with Crippen LogP contribution in [0.15, 0.2) is 35.6 Å². The van der Waals surface area contributed by atoms with Gasteiger partial charge in [-0.25, -0.2) is 14.8 Å². The molecule has 1 aromatic heterocycles. The molecule has 10 heteroatoms. The zero-order valence-corrected chi connectivity index (χ0v) is 18.1. The molecule has 0 saturated heterocycles. The van der Waals surface area contributed by atoms with Crippen molar-refractivity contribution in [1.82, 2.24) is 15.3 Å². The Bertz CT molecular complexity index is 911. The first-order valence-corrected chi connectivity index (χ1v) is 10.7. The van der Waals surface area contributed by atoms with Gasteiger partial charge in [0.05, 0.1) is 13.7 Å². The summed E-state index contributed by atoms with van der Waals surface area (Å²) in [4.78, 5) is 36.7. The van der Waals surface area contributed by atoms with Gasteiger partial charge in [0.1, 0.15) is 17.1 Å². The Balaban J connectivity index is 1.70. The summed E-state index contributed by atoms with van der Waals surface area (Å²) in [6.07, 6.45) is 3.68. The van der Waals surface area contributed by atoms with Crippen LogP contribution in [0.25, 0.3) is 0 Å². The molecule has 0 spiro atoms. The second kappa shape index (κ2) is 10.1. The lowest BCUT2D eigenvalue weighted by Gasteiger charge is -2.21. The van der Waals surface area contributed by atoms with E-state index in [2.05, 4.69) is 20.0 Å². The number of likely N-dealkylation sites (N-methyl/N-ethyl adjacent to an activating group) is 1. The van der Waals surface area contributed by atoms with Gasteiger partial charge in [0.15, 0.2) is 5.16 Å². The molecule has 0 radical (unpaired) electrons. The molecule has 1 aliphatic rings. The summed E-state index contributed by atoms with van der Waals surface area (Å²) in [6.45, 7) is 2.05. The number of alkyl carbamates (subject to hydrolysis) is 1. The number of rotatable bonds is 7. The Hall–Kier alpha value is -3.01. The maximum absolute atomic E-state index is 13.2. The van der Waals surface area contributed by atoms with Crippen LogP contribution in [-0.2, 0) is 4.74 Å². The molecule has 30 heavy (non-hydrogen) atoms. The lowest BCUT2D eigenvalue weighted by atomic mass is 10.2. The molecule has 3 rings (SSSR count). The van der Waals surface area contributed by atoms with Crippen LogP contribution in [0.5, 0.6) is 5.75 Å². The van der Waals surface area contributed by atoms with Crippen molar-refractivity contribution in [2.75, 3.05) is 56.5 Å². The molecule has 2 amide bonds. The van der Waals surface area contributed by atoms with Crippen molar-refractivity contribution in [3.63, 3.8) is 0 Å². The van der Waals surface area contributed by atoms with Crippen LogP contribution in [0.4, 0.5) is 16.3 Å². The minimum absolute atomic E-state index is 0.138. The molecule has 1 aliphatic heterocycles. The van der Waals surface area contributed by atoms with Crippen LogP contribution in [0.3, 0.4) is 0 Å². The maximum Gasteiger partial charge on any atom is 0.406 e. The zero-order chi connectivity index (χ0) is 21.5. The highest BCUT2D eigenvalue weighted by Crippen LogP contribution is 2.28. The highest BCUT2D eigenvalue weighted by atomic mass is 32.2. The Morgan fingerprint density at radius 3 is 2.93 bits per heavy atom. The van der Waals surface area contributed by atoms with Crippen LogP contribution in [0.2, 0.25) is 0 Å². The number of fused-ring (bicyclic) bond motifs is 1. The molecule has 0 bridgehead atoms. The van der Waals surface area contributed by atoms with Crippen LogP contribution in [-0.4, -0.2) is 68.6 Å². The number of carbonyl (C=O) groups excluding carboxylic acids is 2. The average molecular weight is 432 g/mol. The standard InChI is InChI=1S/C20H25N5O4S/c1-24-9-10-25(18(26)16-13-22-19(30-3)23-17(16)24)14-6-4-7-15(12-14)29-11-5-8-21-20(27)28-2/h4,6-7,12-13H,5,8-11H2,1-3H3,(H,21,27). The lowest BCUT2D eigenvalue weighted by molar-refractivity contribution is 0.0989. The Morgan fingerprint density at radius 2 is 2.17 bits per heavy atom. The van der Waals surface area contributed by atoms with Gasteiger partial charge in [0.2, 0.25) is 0 Å². The van der Waals surface area contributed by atoms with Crippen LogP contribution in [0.1, 0.15) is 16.8 Å². The molecule has 0 atom stereocenters. The van der Waals surface area contributed by atoms with E-state index in [1.165, 1.54) is 18.9 Å². The highest BCUT2D eigenvalue weighted by Gasteiger charge is 2.28. The summed E-state index contributed by atoms with van der Waals surface area (Å²) in [5.74, 6) is 1.17. The molecule has 0 aliphatic carbocycles. The monoisotopic (exact) mass is 431 g/mol. The fourth-order valence-corrected chi connectivity index (χ4v) is 3.35. The van der Waals surface area contributed by atoms with Crippen molar-refractivity contribution in [1.29, 1.82) is 0 Å². The number of benzene rings is 1. The molecule has 1 aromatic carbocycles. The maximum atomic E-state index is 13.2. The van der Waals surface area contributed by atoms with Gasteiger partial charge in [0, 0.05) is 44.6 Å². The van der Waals surface area contributed by atoms with Crippen molar-refractivity contribution in [3.8, 4) is 5.75 Å². The number of nitrogens with one attached hydrogen (secondary N) is 1. The topological polar surface area (TPSA) is 96.9 Å². The van der Waals surface area contributed by atoms with Crippen molar-refractivity contribution in [2.45, 2.75) is 11.6 Å². The van der Waals surface area contributed by atoms with Gasteiger partial charge in [-0.2, -0.15) is 0 Å². The number of thioether (sulfide) groups is 1. The molecule has 0 saturated carbocycles. The Kier molecular flexibility index (Phi) is 7.34. The van der Waals surface area contributed by atoms with E-state index < -0.39 is 6.09 Å². The van der Waals surface area contributed by atoms with E-state index >= 15 is 0 Å². The second-order valence-electron chi connectivity index (χ2n) is 6.59. The Morgan fingerprint density at radius 1 is 1.33 bits per heavy atom. The van der Waals surface area contributed by atoms with Crippen molar-refractivity contribution >= 4 is 35.3 Å². The number of anilines is 2. The second-order valence-corrected chi connectivity index (χ2v) is 7.36. The fraction of sp³-hybridized carbons (Fsp3) is 0.400. The molecule has 0 unspecified atom stereocenters. The molecule has 9 nitrogen and oxygen atoms in total. The first-order valence-electron chi connectivity index (χ1n) is 9.52. The molecule has 160 valence electrons. The summed E-state index contributed by atoms with van der Waals surface area (Å²) in [5.41, 5.74) is 1.23. The minimum Gasteiger partial charge on any atom is -0.493 e. The SMILES string of the molecule is COC(=O)NCCCOc1cccc(N2CCN(C)c3nc(SC)ncc3C2=O)c1. The quantitative estimate of drug-likeness (QED) is 0.406. The van der Waals surface area contributed by atoms with Gasteiger partial charge in [-0.15, -0.1) is 0 Å². The smallest absolute Gasteiger partial charge is 0.406 e. The number of hydrogen-bond acceptors (Lipinski definition) is 8. The summed E-state index contributed by atoms with van der Waals surface area (Å²) >= 11 is 1.44. The van der Waals surface area contributed by atoms with E-state index in [4.69, 9.17) is 4.74 Å². The van der Waals surface area contributed by atoms with Crippen LogP contribution < -0.4 is 19.9 Å². The van der Waals surface area contributed by atoms with E-state index in [9.17, 15) is 9.59 Å². The van der Waals surface area contributed by atoms with E-state index in [0.29, 0.717) is 54.9 Å². The fourth-order valence-electron chi connectivity index (χ4n) is 3.01. The van der Waals surface area contributed by atoms with E-state index in [1.54, 1.807) is 11.1 Å². The van der Waals surface area contributed by atoms with Crippen LogP contribution >= 0.6 is 11.8 Å². The number of nitrogens with zero attached hydrogens (tertiary/aromatic N) is 4. The average Bonchev–Trinajstić information content (AvgIpc) is 2.89. The van der Waals surface area contributed by atoms with Crippen molar-refractivity contribution < 1.29 is 19.1 Å².